The van der Waals surface area contributed by atoms with E-state index >= 15 is 0 Å². The zero-order chi connectivity index (χ0) is 14.5. The number of amides is 1. The molecule has 0 radical (unpaired) electrons. The van der Waals surface area contributed by atoms with Crippen LogP contribution in [0.4, 0.5) is 0 Å². The van der Waals surface area contributed by atoms with Crippen molar-refractivity contribution in [1.82, 2.24) is 15.6 Å². The van der Waals surface area contributed by atoms with E-state index in [-0.39, 0.29) is 5.91 Å². The van der Waals surface area contributed by atoms with Crippen molar-refractivity contribution < 1.29 is 4.79 Å². The lowest BCUT2D eigenvalue weighted by atomic mass is 10.1. The third-order valence-corrected chi connectivity index (χ3v) is 4.27. The molecule has 0 unspecified atom stereocenters. The minimum Gasteiger partial charge on any atom is -0.361 e. The van der Waals surface area contributed by atoms with Crippen LogP contribution in [0.5, 0.6) is 0 Å². The Kier molecular flexibility index (Phi) is 4.55. The number of aryl methyl sites for hydroxylation is 1. The van der Waals surface area contributed by atoms with Gasteiger partial charge in [-0.1, -0.05) is 18.2 Å². The first-order chi connectivity index (χ1) is 10.3. The Morgan fingerprint density at radius 2 is 2.24 bits per heavy atom. The van der Waals surface area contributed by atoms with Crippen molar-refractivity contribution in [1.29, 1.82) is 0 Å². The quantitative estimate of drug-likeness (QED) is 0.763. The maximum Gasteiger partial charge on any atom is 0.220 e. The van der Waals surface area contributed by atoms with E-state index < -0.39 is 0 Å². The molecule has 0 saturated carbocycles. The SMILES string of the molecule is O=C(CCc1c[nH]c2ccccc12)NCC[C@H]1CCCN1. The number of carbonyl (C=O) groups excluding carboxylic acids is 1. The van der Waals surface area contributed by atoms with Gasteiger partial charge in [-0.2, -0.15) is 0 Å². The minimum atomic E-state index is 0.151. The molecule has 1 fully saturated rings. The van der Waals surface area contributed by atoms with Crippen molar-refractivity contribution in [3.05, 3.63) is 36.0 Å². The lowest BCUT2D eigenvalue weighted by molar-refractivity contribution is -0.121. The highest BCUT2D eigenvalue weighted by atomic mass is 16.1. The number of H-pyrrole nitrogens is 1. The highest BCUT2D eigenvalue weighted by molar-refractivity contribution is 5.84. The van der Waals surface area contributed by atoms with Crippen LogP contribution < -0.4 is 10.6 Å². The van der Waals surface area contributed by atoms with E-state index in [1.54, 1.807) is 0 Å². The Bertz CT molecular complexity index is 599. The summed E-state index contributed by atoms with van der Waals surface area (Å²) in [4.78, 5) is 15.2. The first-order valence-corrected chi connectivity index (χ1v) is 7.88. The lowest BCUT2D eigenvalue weighted by Crippen LogP contribution is -2.30. The Hall–Kier alpha value is -1.81. The zero-order valence-corrected chi connectivity index (χ0v) is 12.3. The van der Waals surface area contributed by atoms with E-state index in [0.29, 0.717) is 12.5 Å². The average Bonchev–Trinajstić information content (AvgIpc) is 3.14. The summed E-state index contributed by atoms with van der Waals surface area (Å²) in [7, 11) is 0. The second-order valence-corrected chi connectivity index (χ2v) is 5.79. The van der Waals surface area contributed by atoms with Crippen LogP contribution in [-0.2, 0) is 11.2 Å². The lowest BCUT2D eigenvalue weighted by Gasteiger charge is -2.10. The molecule has 0 aliphatic carbocycles. The van der Waals surface area contributed by atoms with Gasteiger partial charge in [0.05, 0.1) is 0 Å². The molecule has 112 valence electrons. The molecule has 1 aromatic heterocycles. The number of aromatic amines is 1. The molecule has 0 bridgehead atoms. The molecule has 1 aromatic carbocycles. The number of benzene rings is 1. The van der Waals surface area contributed by atoms with Crippen molar-refractivity contribution >= 4 is 16.8 Å². The van der Waals surface area contributed by atoms with Gasteiger partial charge in [0.25, 0.3) is 0 Å². The Labute approximate surface area is 125 Å². The number of nitrogens with one attached hydrogen (secondary N) is 3. The van der Waals surface area contributed by atoms with Crippen molar-refractivity contribution in [2.45, 2.75) is 38.1 Å². The van der Waals surface area contributed by atoms with E-state index in [0.717, 1.165) is 31.4 Å². The van der Waals surface area contributed by atoms with E-state index in [1.807, 2.05) is 18.3 Å². The summed E-state index contributed by atoms with van der Waals surface area (Å²) in [5.74, 6) is 0.151. The van der Waals surface area contributed by atoms with Crippen molar-refractivity contribution in [2.75, 3.05) is 13.1 Å². The van der Waals surface area contributed by atoms with Crippen LogP contribution >= 0.6 is 0 Å². The predicted molar refractivity (Wildman–Crippen MR) is 85.3 cm³/mol. The molecule has 3 N–H and O–H groups in total. The molecule has 2 aromatic rings. The normalized spacial score (nSPS) is 18.2. The zero-order valence-electron chi connectivity index (χ0n) is 12.3. The number of hydrogen-bond donors (Lipinski definition) is 3. The summed E-state index contributed by atoms with van der Waals surface area (Å²) < 4.78 is 0. The standard InChI is InChI=1S/C17H23N3O/c21-17(19-11-9-14-4-3-10-18-14)8-7-13-12-20-16-6-2-1-5-15(13)16/h1-2,5-6,12,14,18,20H,3-4,7-11H2,(H,19,21)/t14-/m1/s1. The van der Waals surface area contributed by atoms with Gasteiger partial charge in [-0.25, -0.2) is 0 Å². The van der Waals surface area contributed by atoms with E-state index in [2.05, 4.69) is 27.8 Å². The number of rotatable bonds is 6. The third kappa shape index (κ3) is 3.64. The van der Waals surface area contributed by atoms with E-state index in [4.69, 9.17) is 0 Å². The topological polar surface area (TPSA) is 56.9 Å². The molecule has 1 atom stereocenters. The summed E-state index contributed by atoms with van der Waals surface area (Å²) >= 11 is 0. The van der Waals surface area contributed by atoms with Crippen molar-refractivity contribution in [2.24, 2.45) is 0 Å². The van der Waals surface area contributed by atoms with Gasteiger partial charge < -0.3 is 15.6 Å². The second-order valence-electron chi connectivity index (χ2n) is 5.79. The molecule has 0 spiro atoms. The maximum atomic E-state index is 11.9. The molecule has 1 aliphatic heterocycles. The molecule has 1 amide bonds. The van der Waals surface area contributed by atoms with E-state index in [9.17, 15) is 4.79 Å². The van der Waals surface area contributed by atoms with Crippen LogP contribution in [0.15, 0.2) is 30.5 Å². The molecule has 4 heteroatoms. The number of hydrogen-bond acceptors (Lipinski definition) is 2. The first-order valence-electron chi connectivity index (χ1n) is 7.88. The smallest absolute Gasteiger partial charge is 0.220 e. The molecular weight excluding hydrogens is 262 g/mol. The molecule has 21 heavy (non-hydrogen) atoms. The number of carbonyl (C=O) groups is 1. The van der Waals surface area contributed by atoms with E-state index in [1.165, 1.54) is 23.8 Å². The van der Waals surface area contributed by atoms with Gasteiger partial charge in [0.1, 0.15) is 0 Å². The van der Waals surface area contributed by atoms with Crippen LogP contribution in [0, 0.1) is 0 Å². The summed E-state index contributed by atoms with van der Waals surface area (Å²) in [6, 6.07) is 8.82. The fourth-order valence-corrected chi connectivity index (χ4v) is 3.06. The van der Waals surface area contributed by atoms with Crippen LogP contribution in [0.3, 0.4) is 0 Å². The molecular formula is C17H23N3O. The Morgan fingerprint density at radius 1 is 1.33 bits per heavy atom. The number of fused-ring (bicyclic) bond motifs is 1. The molecule has 4 nitrogen and oxygen atoms in total. The van der Waals surface area contributed by atoms with Crippen LogP contribution in [0.2, 0.25) is 0 Å². The van der Waals surface area contributed by atoms with Gasteiger partial charge in [0.2, 0.25) is 5.91 Å². The second kappa shape index (κ2) is 6.76. The van der Waals surface area contributed by atoms with Gasteiger partial charge in [0.15, 0.2) is 0 Å². The fourth-order valence-electron chi connectivity index (χ4n) is 3.06. The Morgan fingerprint density at radius 3 is 3.10 bits per heavy atom. The summed E-state index contributed by atoms with van der Waals surface area (Å²) in [5.41, 5.74) is 2.36. The van der Waals surface area contributed by atoms with Crippen molar-refractivity contribution in [3.8, 4) is 0 Å². The average molecular weight is 285 g/mol. The van der Waals surface area contributed by atoms with Gasteiger partial charge >= 0.3 is 0 Å². The monoisotopic (exact) mass is 285 g/mol. The third-order valence-electron chi connectivity index (χ3n) is 4.27. The van der Waals surface area contributed by atoms with Crippen LogP contribution in [0.1, 0.15) is 31.2 Å². The van der Waals surface area contributed by atoms with Gasteiger partial charge in [-0.05, 0) is 43.9 Å². The number of para-hydroxylation sites is 1. The van der Waals surface area contributed by atoms with Gasteiger partial charge in [-0.3, -0.25) is 4.79 Å². The van der Waals surface area contributed by atoms with Crippen LogP contribution in [-0.4, -0.2) is 30.0 Å². The van der Waals surface area contributed by atoms with Crippen molar-refractivity contribution in [3.63, 3.8) is 0 Å². The summed E-state index contributed by atoms with van der Waals surface area (Å²) in [6.07, 6.45) is 6.90. The minimum absolute atomic E-state index is 0.151. The fraction of sp³-hybridized carbons (Fsp3) is 0.471. The highest BCUT2D eigenvalue weighted by Crippen LogP contribution is 2.18. The highest BCUT2D eigenvalue weighted by Gasteiger charge is 2.13. The first kappa shape index (κ1) is 14.1. The number of aromatic nitrogens is 1. The Balaban J connectivity index is 1.43. The van der Waals surface area contributed by atoms with Crippen LogP contribution in [0.25, 0.3) is 10.9 Å². The van der Waals surface area contributed by atoms with Gasteiger partial charge in [-0.15, -0.1) is 0 Å². The summed E-state index contributed by atoms with van der Waals surface area (Å²) in [5, 5.41) is 7.70. The summed E-state index contributed by atoms with van der Waals surface area (Å²) in [6.45, 7) is 1.91. The molecule has 2 heterocycles. The predicted octanol–water partition coefficient (Wildman–Crippen LogP) is 2.36. The van der Waals surface area contributed by atoms with Gasteiger partial charge in [0, 0.05) is 36.1 Å². The molecule has 1 saturated heterocycles. The largest absolute Gasteiger partial charge is 0.361 e. The molecule has 3 rings (SSSR count). The molecule has 1 aliphatic rings. The maximum absolute atomic E-state index is 11.9.